The van der Waals surface area contributed by atoms with Gasteiger partial charge in [-0.05, 0) is 7.05 Å². The number of hydrogen-bond acceptors (Lipinski definition) is 3. The Kier molecular flexibility index (Phi) is 8.18. The van der Waals surface area contributed by atoms with Gasteiger partial charge in [-0.2, -0.15) is 0 Å². The normalized spacial score (nSPS) is 10.8. The highest BCUT2D eigenvalue weighted by atomic mass is 127. The van der Waals surface area contributed by atoms with E-state index in [-0.39, 0.29) is 0 Å². The van der Waals surface area contributed by atoms with Crippen molar-refractivity contribution in [2.75, 3.05) is 40.5 Å². The van der Waals surface area contributed by atoms with Crippen LogP contribution in [0.25, 0.3) is 0 Å². The second kappa shape index (κ2) is 7.71. The highest BCUT2D eigenvalue weighted by Crippen LogP contribution is 1.90. The summed E-state index contributed by atoms with van der Waals surface area (Å²) < 4.78 is 12.1. The monoisotopic (exact) mass is 259 g/mol. The molecule has 10 heavy (non-hydrogen) atoms. The van der Waals surface area contributed by atoms with E-state index in [1.807, 2.05) is 7.05 Å². The minimum atomic E-state index is 0.685. The van der Waals surface area contributed by atoms with Crippen molar-refractivity contribution in [2.45, 2.75) is 0 Å². The Morgan fingerprint density at radius 3 is 2.50 bits per heavy atom. The first-order chi connectivity index (χ1) is 4.77. The molecule has 0 aromatic rings. The summed E-state index contributed by atoms with van der Waals surface area (Å²) in [6, 6.07) is 0. The lowest BCUT2D eigenvalue weighted by molar-refractivity contribution is 0.0690. The molecule has 0 rings (SSSR count). The molecule has 0 aromatic carbocycles. The lowest BCUT2D eigenvalue weighted by Gasteiger charge is -2.06. The van der Waals surface area contributed by atoms with Crippen molar-refractivity contribution in [2.24, 2.45) is 0 Å². The molecule has 0 amide bonds. The number of rotatable bonds is 6. The van der Waals surface area contributed by atoms with Crippen LogP contribution in [0.4, 0.5) is 0 Å². The van der Waals surface area contributed by atoms with Gasteiger partial charge >= 0.3 is 0 Å². The van der Waals surface area contributed by atoms with Gasteiger partial charge in [0, 0.05) is 36.5 Å². The molecule has 0 N–H and O–H groups in total. The number of nitrogens with zero attached hydrogens (tertiary/aromatic N) is 1. The smallest absolute Gasteiger partial charge is 0.0700 e. The van der Waals surface area contributed by atoms with Crippen LogP contribution in [0.2, 0.25) is 0 Å². The molecule has 0 heterocycles. The van der Waals surface area contributed by atoms with Crippen molar-refractivity contribution in [3.63, 3.8) is 0 Å². The molecule has 0 aliphatic carbocycles. The van der Waals surface area contributed by atoms with E-state index in [1.54, 1.807) is 7.11 Å². The minimum absolute atomic E-state index is 0.685. The van der Waals surface area contributed by atoms with E-state index >= 15 is 0 Å². The number of halogens is 1. The maximum absolute atomic E-state index is 5.21. The Labute approximate surface area is 76.2 Å². The molecule has 0 atom stereocenters. The van der Waals surface area contributed by atoms with E-state index in [2.05, 4.69) is 26.0 Å². The van der Waals surface area contributed by atoms with Crippen molar-refractivity contribution in [1.29, 1.82) is 0 Å². The molecule has 0 radical (unpaired) electrons. The quantitative estimate of drug-likeness (QED) is 0.402. The van der Waals surface area contributed by atoms with Gasteiger partial charge in [-0.25, -0.2) is 3.11 Å². The van der Waals surface area contributed by atoms with Crippen LogP contribution in [-0.4, -0.2) is 43.6 Å². The fourth-order valence-corrected chi connectivity index (χ4v) is 0.632. The van der Waals surface area contributed by atoms with E-state index in [0.717, 1.165) is 13.2 Å². The Morgan fingerprint density at radius 1 is 1.30 bits per heavy atom. The summed E-state index contributed by atoms with van der Waals surface area (Å²) in [6.45, 7) is 3.12. The molecular weight excluding hydrogens is 245 g/mol. The highest BCUT2D eigenvalue weighted by Gasteiger charge is 1.90. The molecule has 0 aliphatic heterocycles. The first kappa shape index (κ1) is 10.6. The van der Waals surface area contributed by atoms with Crippen molar-refractivity contribution in [3.05, 3.63) is 0 Å². The van der Waals surface area contributed by atoms with Gasteiger partial charge in [0.1, 0.15) is 0 Å². The lowest BCUT2D eigenvalue weighted by atomic mass is 10.7. The molecule has 0 fully saturated rings. The first-order valence-corrected chi connectivity index (χ1v) is 4.17. The average molecular weight is 259 g/mol. The van der Waals surface area contributed by atoms with E-state index in [1.165, 1.54) is 0 Å². The van der Waals surface area contributed by atoms with Crippen LogP contribution in [0.1, 0.15) is 0 Å². The molecule has 3 nitrogen and oxygen atoms in total. The zero-order valence-electron chi connectivity index (χ0n) is 6.47. The molecule has 0 saturated carbocycles. The maximum Gasteiger partial charge on any atom is 0.0700 e. The Hall–Kier alpha value is 0.610. The van der Waals surface area contributed by atoms with E-state index in [4.69, 9.17) is 9.47 Å². The van der Waals surface area contributed by atoms with Gasteiger partial charge in [-0.1, -0.05) is 0 Å². The standard InChI is InChI=1S/C6H14INO2/c1-8(7)3-4-10-6-5-9-2/h3-6H2,1-2H3. The summed E-state index contributed by atoms with van der Waals surface area (Å²) in [5, 5.41) is 0. The predicted octanol–water partition coefficient (Wildman–Crippen LogP) is 0.931. The fraction of sp³-hybridized carbons (Fsp3) is 1.00. The summed E-state index contributed by atoms with van der Waals surface area (Å²) >= 11 is 2.23. The van der Waals surface area contributed by atoms with Crippen LogP contribution in [-0.2, 0) is 9.47 Å². The van der Waals surface area contributed by atoms with Gasteiger partial charge in [-0.15, -0.1) is 0 Å². The lowest BCUT2D eigenvalue weighted by Crippen LogP contribution is -2.14. The van der Waals surface area contributed by atoms with E-state index < -0.39 is 0 Å². The van der Waals surface area contributed by atoms with Crippen LogP contribution in [0, 0.1) is 0 Å². The maximum atomic E-state index is 5.21. The van der Waals surface area contributed by atoms with Crippen LogP contribution < -0.4 is 0 Å². The predicted molar refractivity (Wildman–Crippen MR) is 49.3 cm³/mol. The Bertz CT molecular complexity index is 70.8. The zero-order valence-corrected chi connectivity index (χ0v) is 8.63. The third-order valence-electron chi connectivity index (χ3n) is 0.976. The average Bonchev–Trinajstić information content (AvgIpc) is 1.87. The second-order valence-corrected chi connectivity index (χ2v) is 3.58. The van der Waals surface area contributed by atoms with Gasteiger partial charge in [-0.3, -0.25) is 0 Å². The van der Waals surface area contributed by atoms with Crippen LogP contribution in [0.15, 0.2) is 0 Å². The van der Waals surface area contributed by atoms with E-state index in [9.17, 15) is 0 Å². The number of hydrogen-bond donors (Lipinski definition) is 0. The SMILES string of the molecule is COCCOCCN(C)I. The molecule has 0 aromatic heterocycles. The number of likely N-dealkylation sites (N-methyl/N-ethyl adjacent to an activating group) is 1. The Morgan fingerprint density at radius 2 is 2.00 bits per heavy atom. The summed E-state index contributed by atoms with van der Waals surface area (Å²) in [5.74, 6) is 0. The van der Waals surface area contributed by atoms with Crippen LogP contribution >= 0.6 is 22.9 Å². The van der Waals surface area contributed by atoms with E-state index in [0.29, 0.717) is 13.2 Å². The van der Waals surface area contributed by atoms with Crippen molar-refractivity contribution >= 4 is 22.9 Å². The van der Waals surface area contributed by atoms with Crippen molar-refractivity contribution in [3.8, 4) is 0 Å². The summed E-state index contributed by atoms with van der Waals surface area (Å²) in [7, 11) is 3.69. The highest BCUT2D eigenvalue weighted by molar-refractivity contribution is 14.1. The van der Waals surface area contributed by atoms with Gasteiger partial charge < -0.3 is 9.47 Å². The van der Waals surface area contributed by atoms with Gasteiger partial charge in [0.15, 0.2) is 0 Å². The first-order valence-electron chi connectivity index (χ1n) is 3.21. The van der Waals surface area contributed by atoms with Crippen molar-refractivity contribution in [1.82, 2.24) is 3.11 Å². The number of methoxy groups -OCH3 is 1. The van der Waals surface area contributed by atoms with Gasteiger partial charge in [0.2, 0.25) is 0 Å². The van der Waals surface area contributed by atoms with Crippen molar-refractivity contribution < 1.29 is 9.47 Å². The molecule has 0 spiro atoms. The van der Waals surface area contributed by atoms with Gasteiger partial charge in [0.25, 0.3) is 0 Å². The van der Waals surface area contributed by atoms with Crippen LogP contribution in [0.3, 0.4) is 0 Å². The van der Waals surface area contributed by atoms with Gasteiger partial charge in [0.05, 0.1) is 19.8 Å². The molecule has 62 valence electrons. The third-order valence-corrected chi connectivity index (χ3v) is 1.46. The minimum Gasteiger partial charge on any atom is -0.382 e. The summed E-state index contributed by atoms with van der Waals surface area (Å²) in [5.41, 5.74) is 0. The molecular formula is C6H14INO2. The van der Waals surface area contributed by atoms with Crippen LogP contribution in [0.5, 0.6) is 0 Å². The third kappa shape index (κ3) is 8.61. The molecule has 0 saturated heterocycles. The number of ether oxygens (including phenoxy) is 2. The molecule has 0 bridgehead atoms. The zero-order chi connectivity index (χ0) is 7.82. The second-order valence-electron chi connectivity index (χ2n) is 1.93. The molecule has 4 heteroatoms. The molecule has 0 unspecified atom stereocenters. The molecule has 0 aliphatic rings. The Balaban J connectivity index is 2.77. The summed E-state index contributed by atoms with van der Waals surface area (Å²) in [4.78, 5) is 0. The topological polar surface area (TPSA) is 21.7 Å². The largest absolute Gasteiger partial charge is 0.382 e. The summed E-state index contributed by atoms with van der Waals surface area (Å²) in [6.07, 6.45) is 0. The fourth-order valence-electron chi connectivity index (χ4n) is 0.435.